The third-order valence-electron chi connectivity index (χ3n) is 5.54. The zero-order valence-electron chi connectivity index (χ0n) is 19.2. The topological polar surface area (TPSA) is 75.7 Å². The molecule has 32 heavy (non-hydrogen) atoms. The van der Waals surface area contributed by atoms with Crippen LogP contribution in [0.4, 0.5) is 5.69 Å². The molecular formula is C25H32N2O4S. The van der Waals surface area contributed by atoms with Crippen molar-refractivity contribution in [1.82, 2.24) is 4.31 Å². The van der Waals surface area contributed by atoms with E-state index in [2.05, 4.69) is 26.1 Å². The molecule has 0 atom stereocenters. The Bertz CT molecular complexity index is 1100. The molecule has 6 nitrogen and oxygen atoms in total. The quantitative estimate of drug-likeness (QED) is 0.633. The second-order valence-electron chi connectivity index (χ2n) is 8.99. The Labute approximate surface area is 191 Å². The molecule has 0 radical (unpaired) electrons. The van der Waals surface area contributed by atoms with Crippen LogP contribution in [0, 0.1) is 0 Å². The first-order chi connectivity index (χ1) is 15.1. The monoisotopic (exact) mass is 456 g/mol. The van der Waals surface area contributed by atoms with Crippen LogP contribution in [0.15, 0.2) is 53.4 Å². The second-order valence-corrected chi connectivity index (χ2v) is 10.9. The Morgan fingerprint density at radius 3 is 2.41 bits per heavy atom. The van der Waals surface area contributed by atoms with Crippen molar-refractivity contribution in [1.29, 1.82) is 0 Å². The van der Waals surface area contributed by atoms with Gasteiger partial charge in [0.1, 0.15) is 10.6 Å². The first-order valence-corrected chi connectivity index (χ1v) is 12.3. The van der Waals surface area contributed by atoms with Crippen LogP contribution in [-0.2, 0) is 20.2 Å². The van der Waals surface area contributed by atoms with E-state index in [4.69, 9.17) is 4.74 Å². The van der Waals surface area contributed by atoms with Gasteiger partial charge in [0.15, 0.2) is 0 Å². The van der Waals surface area contributed by atoms with E-state index in [1.165, 1.54) is 17.5 Å². The van der Waals surface area contributed by atoms with Crippen molar-refractivity contribution in [3.05, 3.63) is 59.7 Å². The molecule has 2 aromatic carbocycles. The fourth-order valence-electron chi connectivity index (χ4n) is 3.84. The van der Waals surface area contributed by atoms with Crippen LogP contribution in [0.2, 0.25) is 0 Å². The van der Waals surface area contributed by atoms with Crippen LogP contribution < -0.4 is 10.1 Å². The molecule has 0 bridgehead atoms. The number of ether oxygens (including phenoxy) is 1. The number of nitrogens with zero attached hydrogens (tertiary/aromatic N) is 1. The predicted octanol–water partition coefficient (Wildman–Crippen LogP) is 4.82. The number of carbonyl (C=O) groups is 1. The highest BCUT2D eigenvalue weighted by atomic mass is 32.2. The first kappa shape index (κ1) is 24.0. The number of carbonyl (C=O) groups excluding carboxylic acids is 1. The smallest absolute Gasteiger partial charge is 0.248 e. The number of benzene rings is 2. The highest BCUT2D eigenvalue weighted by Crippen LogP contribution is 2.31. The molecule has 172 valence electrons. The molecule has 1 N–H and O–H groups in total. The zero-order valence-corrected chi connectivity index (χ0v) is 20.0. The van der Waals surface area contributed by atoms with E-state index in [0.717, 1.165) is 30.5 Å². The van der Waals surface area contributed by atoms with Gasteiger partial charge in [0, 0.05) is 24.9 Å². The maximum atomic E-state index is 13.2. The van der Waals surface area contributed by atoms with Crippen LogP contribution >= 0.6 is 0 Å². The van der Waals surface area contributed by atoms with Crippen molar-refractivity contribution >= 4 is 27.7 Å². The fourth-order valence-corrected chi connectivity index (χ4v) is 5.54. The summed E-state index contributed by atoms with van der Waals surface area (Å²) in [7, 11) is -2.20. The number of rotatable bonds is 6. The molecule has 1 fully saturated rings. The Morgan fingerprint density at radius 1 is 1.06 bits per heavy atom. The minimum Gasteiger partial charge on any atom is -0.495 e. The average molecular weight is 457 g/mol. The number of amides is 1. The average Bonchev–Trinajstić information content (AvgIpc) is 2.77. The zero-order chi connectivity index (χ0) is 23.4. The minimum atomic E-state index is -3.66. The number of sulfonamides is 1. The van der Waals surface area contributed by atoms with Crippen LogP contribution in [-0.4, -0.2) is 38.8 Å². The molecule has 7 heteroatoms. The van der Waals surface area contributed by atoms with Gasteiger partial charge in [0.2, 0.25) is 15.9 Å². The van der Waals surface area contributed by atoms with Gasteiger partial charge in [0.25, 0.3) is 0 Å². The molecule has 1 aliphatic heterocycles. The summed E-state index contributed by atoms with van der Waals surface area (Å²) < 4.78 is 33.2. The number of nitrogens with one attached hydrogen (secondary N) is 1. The van der Waals surface area contributed by atoms with E-state index in [-0.39, 0.29) is 16.2 Å². The summed E-state index contributed by atoms with van der Waals surface area (Å²) in [6, 6.07) is 12.6. The van der Waals surface area contributed by atoms with Crippen molar-refractivity contribution in [2.75, 3.05) is 25.5 Å². The Morgan fingerprint density at radius 2 is 1.75 bits per heavy atom. The number of para-hydroxylation sites is 1. The van der Waals surface area contributed by atoms with E-state index in [1.54, 1.807) is 24.3 Å². The molecule has 2 aromatic rings. The molecule has 3 rings (SSSR count). The normalized spacial score (nSPS) is 15.6. The summed E-state index contributed by atoms with van der Waals surface area (Å²) in [6.45, 7) is 7.31. The summed E-state index contributed by atoms with van der Waals surface area (Å²) in [5.74, 6) is 0.0224. The number of hydrogen-bond acceptors (Lipinski definition) is 4. The molecular weight excluding hydrogens is 424 g/mol. The number of anilines is 1. The molecule has 1 amide bonds. The van der Waals surface area contributed by atoms with Crippen LogP contribution in [0.3, 0.4) is 0 Å². The van der Waals surface area contributed by atoms with Gasteiger partial charge >= 0.3 is 0 Å². The molecule has 1 aliphatic rings. The van der Waals surface area contributed by atoms with E-state index < -0.39 is 10.0 Å². The number of hydrogen-bond donors (Lipinski definition) is 1. The second kappa shape index (κ2) is 9.88. The summed E-state index contributed by atoms with van der Waals surface area (Å²) in [5, 5.41) is 2.93. The molecule has 0 unspecified atom stereocenters. The summed E-state index contributed by atoms with van der Waals surface area (Å²) in [4.78, 5) is 12.7. The maximum absolute atomic E-state index is 13.2. The van der Waals surface area contributed by atoms with Gasteiger partial charge in [-0.3, -0.25) is 4.79 Å². The van der Waals surface area contributed by atoms with Crippen molar-refractivity contribution in [3.63, 3.8) is 0 Å². The fraction of sp³-hybridized carbons (Fsp3) is 0.400. The molecule has 0 aliphatic carbocycles. The first-order valence-electron chi connectivity index (χ1n) is 10.9. The van der Waals surface area contributed by atoms with Gasteiger partial charge in [-0.15, -0.1) is 0 Å². The predicted molar refractivity (Wildman–Crippen MR) is 128 cm³/mol. The van der Waals surface area contributed by atoms with Gasteiger partial charge < -0.3 is 10.1 Å². The van der Waals surface area contributed by atoms with Crippen LogP contribution in [0.25, 0.3) is 6.08 Å². The summed E-state index contributed by atoms with van der Waals surface area (Å²) in [5.41, 5.74) is 2.31. The third-order valence-corrected chi connectivity index (χ3v) is 7.46. The van der Waals surface area contributed by atoms with Gasteiger partial charge in [-0.1, -0.05) is 51.5 Å². The van der Waals surface area contributed by atoms with Gasteiger partial charge in [-0.2, -0.15) is 4.31 Å². The lowest BCUT2D eigenvalue weighted by Crippen LogP contribution is -2.35. The lowest BCUT2D eigenvalue weighted by Gasteiger charge is -2.26. The Hall–Kier alpha value is -2.64. The minimum absolute atomic E-state index is 0.110. The van der Waals surface area contributed by atoms with Crippen LogP contribution in [0.5, 0.6) is 5.75 Å². The van der Waals surface area contributed by atoms with E-state index in [9.17, 15) is 13.2 Å². The molecule has 1 saturated heterocycles. The molecule has 0 aromatic heterocycles. The molecule has 1 heterocycles. The number of methoxy groups -OCH3 is 1. The van der Waals surface area contributed by atoms with Crippen molar-refractivity contribution in [2.45, 2.75) is 50.3 Å². The summed E-state index contributed by atoms with van der Waals surface area (Å²) in [6.07, 6.45) is 5.79. The van der Waals surface area contributed by atoms with Crippen LogP contribution in [0.1, 0.15) is 51.2 Å². The third kappa shape index (κ3) is 5.58. The van der Waals surface area contributed by atoms with E-state index in [0.29, 0.717) is 24.4 Å². The molecule has 0 spiro atoms. The van der Waals surface area contributed by atoms with Gasteiger partial charge in [-0.05, 0) is 53.7 Å². The lowest BCUT2D eigenvalue weighted by molar-refractivity contribution is -0.111. The number of piperidine rings is 1. The van der Waals surface area contributed by atoms with Crippen molar-refractivity contribution < 1.29 is 17.9 Å². The largest absolute Gasteiger partial charge is 0.495 e. The Balaban J connectivity index is 1.82. The maximum Gasteiger partial charge on any atom is 0.248 e. The highest BCUT2D eigenvalue weighted by Gasteiger charge is 2.29. The standard InChI is InChI=1S/C25H32N2O4S/c1-25(2,3)20-10-6-7-11-21(20)26-24(28)15-13-19-12-14-22(31-4)23(18-19)32(29,30)27-16-8-5-9-17-27/h6-7,10-15,18H,5,8-9,16-17H2,1-4H3,(H,26,28)/b15-13+. The lowest BCUT2D eigenvalue weighted by atomic mass is 9.86. The van der Waals surface area contributed by atoms with Crippen molar-refractivity contribution in [2.24, 2.45) is 0 Å². The van der Waals surface area contributed by atoms with Crippen molar-refractivity contribution in [3.8, 4) is 5.75 Å². The van der Waals surface area contributed by atoms with Gasteiger partial charge in [-0.25, -0.2) is 8.42 Å². The van der Waals surface area contributed by atoms with E-state index >= 15 is 0 Å². The Kier molecular flexibility index (Phi) is 7.41. The van der Waals surface area contributed by atoms with E-state index in [1.807, 2.05) is 24.3 Å². The summed E-state index contributed by atoms with van der Waals surface area (Å²) >= 11 is 0. The molecule has 0 saturated carbocycles. The van der Waals surface area contributed by atoms with Gasteiger partial charge in [0.05, 0.1) is 7.11 Å². The highest BCUT2D eigenvalue weighted by molar-refractivity contribution is 7.89. The SMILES string of the molecule is COc1ccc(/C=C/C(=O)Nc2ccccc2C(C)(C)C)cc1S(=O)(=O)N1CCCCC1.